The maximum Gasteiger partial charge on any atom is 0.328 e. The van der Waals surface area contributed by atoms with Crippen LogP contribution in [0.15, 0.2) is 65.8 Å². The van der Waals surface area contributed by atoms with E-state index in [-0.39, 0.29) is 38.7 Å². The third kappa shape index (κ3) is 5.11. The molecule has 204 valence electrons. The summed E-state index contributed by atoms with van der Waals surface area (Å²) in [6.07, 6.45) is 5.36. The number of piperazine rings is 1. The standard InChI is InChI=1S/C28H21Cl3N4O5/c1-2-22(36)33-10-12-34(13-11-33)28-25(26(32-40-28)24-19(30)14-17(29)15-20(24)31)27(39)35-9-8-18-16(6-7-23(37)38)4-3-5-21(18)35/h2-9,14-15H,1,10-13H2,(H,37,38)/b7-6+. The Morgan fingerprint density at radius 1 is 1.02 bits per heavy atom. The SMILES string of the molecule is C=CC(=O)N1CCN(c2onc(-c3c(Cl)cc(Cl)cc3Cl)c2C(=O)n2ccc3c(/C=C/C(=O)O)cccc32)CC1. The van der Waals surface area contributed by atoms with Crippen molar-refractivity contribution in [2.24, 2.45) is 0 Å². The van der Waals surface area contributed by atoms with Crippen LogP contribution in [0.3, 0.4) is 0 Å². The maximum absolute atomic E-state index is 14.3. The fourth-order valence-electron chi connectivity index (χ4n) is 4.68. The van der Waals surface area contributed by atoms with Crippen molar-refractivity contribution in [1.82, 2.24) is 14.6 Å². The van der Waals surface area contributed by atoms with Gasteiger partial charge in [0.25, 0.3) is 5.91 Å². The number of aliphatic carboxylic acids is 1. The number of nitrogens with zero attached hydrogens (tertiary/aromatic N) is 4. The van der Waals surface area contributed by atoms with Crippen LogP contribution in [0.2, 0.25) is 15.1 Å². The van der Waals surface area contributed by atoms with Crippen LogP contribution in [0.25, 0.3) is 28.2 Å². The van der Waals surface area contributed by atoms with E-state index in [9.17, 15) is 14.4 Å². The smallest absolute Gasteiger partial charge is 0.328 e. The van der Waals surface area contributed by atoms with Crippen molar-refractivity contribution in [1.29, 1.82) is 0 Å². The number of carboxylic acids is 1. The number of hydrogen-bond donors (Lipinski definition) is 1. The third-order valence-electron chi connectivity index (χ3n) is 6.58. The van der Waals surface area contributed by atoms with Gasteiger partial charge in [0.15, 0.2) is 0 Å². The van der Waals surface area contributed by atoms with Crippen LogP contribution in [0.5, 0.6) is 0 Å². The summed E-state index contributed by atoms with van der Waals surface area (Å²) in [5.41, 5.74) is 1.72. The largest absolute Gasteiger partial charge is 0.478 e. The Labute approximate surface area is 243 Å². The van der Waals surface area contributed by atoms with Crippen molar-refractivity contribution in [3.63, 3.8) is 0 Å². The molecule has 1 aliphatic rings. The number of carboxylic acid groups (broad SMARTS) is 1. The van der Waals surface area contributed by atoms with Crippen LogP contribution in [0.4, 0.5) is 5.88 Å². The topological polar surface area (TPSA) is 109 Å². The van der Waals surface area contributed by atoms with Crippen molar-refractivity contribution in [3.8, 4) is 11.3 Å². The predicted molar refractivity (Wildman–Crippen MR) is 154 cm³/mol. The summed E-state index contributed by atoms with van der Waals surface area (Å²) >= 11 is 19.2. The lowest BCUT2D eigenvalue weighted by Crippen LogP contribution is -2.48. The molecule has 1 fully saturated rings. The Hall–Kier alpha value is -4.05. The van der Waals surface area contributed by atoms with Gasteiger partial charge in [-0.2, -0.15) is 0 Å². The zero-order valence-electron chi connectivity index (χ0n) is 20.8. The highest BCUT2D eigenvalue weighted by Gasteiger charge is 2.33. The molecule has 1 amide bonds. The number of carbonyl (C=O) groups is 3. The monoisotopic (exact) mass is 598 g/mol. The first-order valence-electron chi connectivity index (χ1n) is 12.1. The van der Waals surface area contributed by atoms with Crippen molar-refractivity contribution in [3.05, 3.63) is 87.5 Å². The van der Waals surface area contributed by atoms with E-state index in [1.807, 2.05) is 4.90 Å². The van der Waals surface area contributed by atoms with Crippen LogP contribution in [-0.2, 0) is 9.59 Å². The van der Waals surface area contributed by atoms with Gasteiger partial charge < -0.3 is 19.4 Å². The van der Waals surface area contributed by atoms with Gasteiger partial charge in [0, 0.05) is 54.4 Å². The van der Waals surface area contributed by atoms with Crippen LogP contribution in [0, 0.1) is 0 Å². The molecular weight excluding hydrogens is 579 g/mol. The summed E-state index contributed by atoms with van der Waals surface area (Å²) in [5.74, 6) is -1.53. The molecule has 0 radical (unpaired) electrons. The van der Waals surface area contributed by atoms with E-state index in [0.717, 1.165) is 6.08 Å². The molecule has 1 N–H and O–H groups in total. The number of aromatic nitrogens is 2. The van der Waals surface area contributed by atoms with E-state index in [4.69, 9.17) is 44.4 Å². The van der Waals surface area contributed by atoms with Gasteiger partial charge in [0.05, 0.1) is 15.6 Å². The molecule has 0 atom stereocenters. The number of hydrogen-bond acceptors (Lipinski definition) is 6. The van der Waals surface area contributed by atoms with E-state index in [2.05, 4.69) is 11.7 Å². The molecule has 0 aliphatic carbocycles. The number of amides is 1. The Morgan fingerprint density at radius 2 is 1.73 bits per heavy atom. The van der Waals surface area contributed by atoms with Crippen molar-refractivity contribution in [2.75, 3.05) is 31.1 Å². The van der Waals surface area contributed by atoms with Gasteiger partial charge in [-0.15, -0.1) is 0 Å². The number of rotatable bonds is 6. The minimum Gasteiger partial charge on any atom is -0.478 e. The number of anilines is 1. The second kappa shape index (κ2) is 11.2. The van der Waals surface area contributed by atoms with Gasteiger partial charge in [0.2, 0.25) is 11.8 Å². The lowest BCUT2D eigenvalue weighted by molar-refractivity contribution is -0.131. The number of fused-ring (bicyclic) bond motifs is 1. The molecule has 9 nitrogen and oxygen atoms in total. The number of halogens is 3. The summed E-state index contributed by atoms with van der Waals surface area (Å²) in [6, 6.07) is 9.96. The van der Waals surface area contributed by atoms with E-state index in [0.29, 0.717) is 47.7 Å². The average Bonchev–Trinajstić information content (AvgIpc) is 3.56. The van der Waals surface area contributed by atoms with Crippen LogP contribution < -0.4 is 4.90 Å². The first kappa shape index (κ1) is 27.5. The molecule has 0 saturated carbocycles. The van der Waals surface area contributed by atoms with E-state index in [1.54, 1.807) is 35.4 Å². The van der Waals surface area contributed by atoms with Crippen LogP contribution in [-0.4, -0.2) is 63.7 Å². The van der Waals surface area contributed by atoms with Crippen LogP contribution >= 0.6 is 34.8 Å². The van der Waals surface area contributed by atoms with Crippen molar-refractivity contribution in [2.45, 2.75) is 0 Å². The molecule has 4 aromatic rings. The fraction of sp³-hybridized carbons (Fsp3) is 0.143. The highest BCUT2D eigenvalue weighted by atomic mass is 35.5. The summed E-state index contributed by atoms with van der Waals surface area (Å²) in [6.45, 7) is 5.09. The minimum absolute atomic E-state index is 0.124. The zero-order chi connectivity index (χ0) is 28.6. The molecule has 2 aromatic heterocycles. The average molecular weight is 600 g/mol. The summed E-state index contributed by atoms with van der Waals surface area (Å²) in [5, 5.41) is 14.6. The van der Waals surface area contributed by atoms with Gasteiger partial charge >= 0.3 is 5.97 Å². The molecule has 0 bridgehead atoms. The number of benzene rings is 2. The molecule has 3 heterocycles. The molecule has 2 aromatic carbocycles. The van der Waals surface area contributed by atoms with Crippen LogP contribution in [0.1, 0.15) is 15.9 Å². The molecule has 0 unspecified atom stereocenters. The second-order valence-electron chi connectivity index (χ2n) is 8.91. The van der Waals surface area contributed by atoms with Gasteiger partial charge in [-0.1, -0.05) is 58.7 Å². The van der Waals surface area contributed by atoms with E-state index < -0.39 is 11.9 Å². The molecule has 40 heavy (non-hydrogen) atoms. The zero-order valence-corrected chi connectivity index (χ0v) is 23.1. The van der Waals surface area contributed by atoms with E-state index >= 15 is 0 Å². The Balaban J connectivity index is 1.64. The Kier molecular flexibility index (Phi) is 7.71. The van der Waals surface area contributed by atoms with Crippen molar-refractivity contribution >= 4 is 75.4 Å². The van der Waals surface area contributed by atoms with Gasteiger partial charge in [-0.25, -0.2) is 4.79 Å². The quantitative estimate of drug-likeness (QED) is 0.276. The molecule has 0 spiro atoms. The molecule has 5 rings (SSSR count). The highest BCUT2D eigenvalue weighted by Crippen LogP contribution is 2.41. The highest BCUT2D eigenvalue weighted by molar-refractivity contribution is 6.42. The summed E-state index contributed by atoms with van der Waals surface area (Å²) in [4.78, 5) is 40.9. The minimum atomic E-state index is -1.09. The maximum atomic E-state index is 14.3. The third-order valence-corrected chi connectivity index (χ3v) is 7.39. The Bertz CT molecular complexity index is 1680. The Morgan fingerprint density at radius 3 is 2.38 bits per heavy atom. The molecular formula is C28H21Cl3N4O5. The van der Waals surface area contributed by atoms with Crippen molar-refractivity contribution < 1.29 is 24.0 Å². The first-order valence-corrected chi connectivity index (χ1v) is 13.2. The fourth-order valence-corrected chi connectivity index (χ4v) is 5.68. The first-order chi connectivity index (χ1) is 19.2. The summed E-state index contributed by atoms with van der Waals surface area (Å²) < 4.78 is 7.20. The second-order valence-corrected chi connectivity index (χ2v) is 10.2. The lowest BCUT2D eigenvalue weighted by Gasteiger charge is -2.34. The molecule has 1 aliphatic heterocycles. The summed E-state index contributed by atoms with van der Waals surface area (Å²) in [7, 11) is 0. The normalized spacial score (nSPS) is 13.8. The van der Waals surface area contributed by atoms with Gasteiger partial charge in [-0.3, -0.25) is 14.2 Å². The van der Waals surface area contributed by atoms with Gasteiger partial charge in [-0.05, 0) is 42.0 Å². The predicted octanol–water partition coefficient (Wildman–Crippen LogP) is 5.88. The van der Waals surface area contributed by atoms with E-state index in [1.165, 1.54) is 28.9 Å². The number of carbonyl (C=O) groups excluding carboxylic acids is 2. The van der Waals surface area contributed by atoms with Gasteiger partial charge in [0.1, 0.15) is 11.3 Å². The molecule has 1 saturated heterocycles. The molecule has 12 heteroatoms. The lowest BCUT2D eigenvalue weighted by atomic mass is 10.1.